The third-order valence-electron chi connectivity index (χ3n) is 4.71. The molecule has 0 amide bonds. The molecule has 0 saturated heterocycles. The normalized spacial score (nSPS) is 12.1. The van der Waals surface area contributed by atoms with Gasteiger partial charge in [0.15, 0.2) is 0 Å². The summed E-state index contributed by atoms with van der Waals surface area (Å²) in [5.74, 6) is 0.607. The number of fused-ring (bicyclic) bond motifs is 3. The largest absolute Gasteiger partial charge is 0.350 e. The van der Waals surface area contributed by atoms with Crippen molar-refractivity contribution in [3.05, 3.63) is 63.4 Å². The van der Waals surface area contributed by atoms with Crippen molar-refractivity contribution in [3.8, 4) is 11.4 Å². The van der Waals surface area contributed by atoms with Gasteiger partial charge in [0.1, 0.15) is 12.1 Å². The average molecular weight is 428 g/mol. The zero-order chi connectivity index (χ0) is 21.3. The SMILES string of the molecule is CCOP(=O)(Cn1c(=O)c(=O)[nH]c2c3ccccc3c(-c3ncc[nH]3)cc21)OCC. The highest BCUT2D eigenvalue weighted by Crippen LogP contribution is 2.49. The van der Waals surface area contributed by atoms with E-state index in [1.54, 1.807) is 32.3 Å². The molecular formula is C20H21N4O5P. The third kappa shape index (κ3) is 3.52. The first-order valence-corrected chi connectivity index (χ1v) is 11.3. The highest BCUT2D eigenvalue weighted by Gasteiger charge is 2.27. The van der Waals surface area contributed by atoms with Gasteiger partial charge < -0.3 is 19.0 Å². The minimum atomic E-state index is -3.64. The highest BCUT2D eigenvalue weighted by molar-refractivity contribution is 7.52. The van der Waals surface area contributed by atoms with Crippen LogP contribution in [0, 0.1) is 0 Å². The molecule has 10 heteroatoms. The van der Waals surface area contributed by atoms with E-state index in [0.717, 1.165) is 16.3 Å². The van der Waals surface area contributed by atoms with Crippen LogP contribution in [-0.4, -0.2) is 32.7 Å². The Hall–Kier alpha value is -3.00. The van der Waals surface area contributed by atoms with Crippen molar-refractivity contribution in [2.45, 2.75) is 20.1 Å². The standard InChI is InChI=1S/C20H21N4O5P/c1-3-28-30(27,29-4-2)12-24-16-11-15(18-21-9-10-22-18)13-7-5-6-8-14(13)17(16)23-19(25)20(24)26/h5-11H,3-4,12H2,1-2H3,(H,21,22)(H,23,25). The Kier molecular flexibility index (Phi) is 5.42. The van der Waals surface area contributed by atoms with Crippen LogP contribution in [0.4, 0.5) is 0 Å². The van der Waals surface area contributed by atoms with E-state index in [1.165, 1.54) is 4.57 Å². The van der Waals surface area contributed by atoms with Gasteiger partial charge in [-0.15, -0.1) is 0 Å². The van der Waals surface area contributed by atoms with E-state index in [4.69, 9.17) is 9.05 Å². The van der Waals surface area contributed by atoms with Crippen LogP contribution in [0.1, 0.15) is 13.8 Å². The average Bonchev–Trinajstić information content (AvgIpc) is 3.26. The van der Waals surface area contributed by atoms with Crippen molar-refractivity contribution >= 4 is 29.4 Å². The van der Waals surface area contributed by atoms with Crippen molar-refractivity contribution in [1.82, 2.24) is 19.5 Å². The number of nitrogens with zero attached hydrogens (tertiary/aromatic N) is 2. The molecule has 0 aliphatic rings. The van der Waals surface area contributed by atoms with Crippen molar-refractivity contribution in [2.24, 2.45) is 0 Å². The Morgan fingerprint density at radius 1 is 1.10 bits per heavy atom. The highest BCUT2D eigenvalue weighted by atomic mass is 31.2. The van der Waals surface area contributed by atoms with Crippen LogP contribution >= 0.6 is 7.60 Å². The molecule has 4 aromatic rings. The Morgan fingerprint density at radius 2 is 1.80 bits per heavy atom. The zero-order valence-corrected chi connectivity index (χ0v) is 17.4. The second-order valence-electron chi connectivity index (χ2n) is 6.58. The summed E-state index contributed by atoms with van der Waals surface area (Å²) in [6, 6.07) is 9.22. The fourth-order valence-corrected chi connectivity index (χ4v) is 5.19. The molecule has 2 N–H and O–H groups in total. The molecule has 0 atom stereocenters. The lowest BCUT2D eigenvalue weighted by atomic mass is 10.0. The van der Waals surface area contributed by atoms with Gasteiger partial charge in [-0.2, -0.15) is 0 Å². The maximum atomic E-state index is 13.1. The van der Waals surface area contributed by atoms with Crippen LogP contribution in [-0.2, 0) is 19.9 Å². The maximum absolute atomic E-state index is 13.1. The van der Waals surface area contributed by atoms with Crippen LogP contribution in [0.3, 0.4) is 0 Å². The molecular weight excluding hydrogens is 407 g/mol. The molecule has 0 bridgehead atoms. The van der Waals surface area contributed by atoms with Crippen LogP contribution in [0.2, 0.25) is 0 Å². The van der Waals surface area contributed by atoms with E-state index < -0.39 is 18.7 Å². The lowest BCUT2D eigenvalue weighted by Gasteiger charge is -2.20. The van der Waals surface area contributed by atoms with Crippen molar-refractivity contribution < 1.29 is 13.6 Å². The molecule has 2 heterocycles. The van der Waals surface area contributed by atoms with Crippen molar-refractivity contribution in [3.63, 3.8) is 0 Å². The van der Waals surface area contributed by atoms with E-state index in [0.29, 0.717) is 16.9 Å². The van der Waals surface area contributed by atoms with Crippen LogP contribution in [0.15, 0.2) is 52.3 Å². The summed E-state index contributed by atoms with van der Waals surface area (Å²) in [5.41, 5.74) is -0.0268. The molecule has 4 rings (SSSR count). The molecule has 0 fully saturated rings. The molecule has 30 heavy (non-hydrogen) atoms. The molecule has 2 aromatic carbocycles. The third-order valence-corrected chi connectivity index (χ3v) is 6.64. The quantitative estimate of drug-likeness (QED) is 0.264. The van der Waals surface area contributed by atoms with E-state index in [1.807, 2.05) is 24.3 Å². The van der Waals surface area contributed by atoms with Gasteiger partial charge >= 0.3 is 18.7 Å². The Morgan fingerprint density at radius 3 is 2.43 bits per heavy atom. The molecule has 0 saturated carbocycles. The fraction of sp³-hybridized carbons (Fsp3) is 0.250. The summed E-state index contributed by atoms with van der Waals surface area (Å²) in [7, 11) is -3.64. The zero-order valence-electron chi connectivity index (χ0n) is 16.5. The lowest BCUT2D eigenvalue weighted by Crippen LogP contribution is -2.36. The summed E-state index contributed by atoms with van der Waals surface area (Å²) in [6.45, 7) is 3.67. The monoisotopic (exact) mass is 428 g/mol. The van der Waals surface area contributed by atoms with E-state index in [2.05, 4.69) is 15.0 Å². The van der Waals surface area contributed by atoms with Gasteiger partial charge in [0.2, 0.25) is 0 Å². The number of H-pyrrole nitrogens is 2. The predicted octanol–water partition coefficient (Wildman–Crippen LogP) is 3.46. The Labute approximate surface area is 171 Å². The number of benzene rings is 2. The second kappa shape index (κ2) is 8.02. The second-order valence-corrected chi connectivity index (χ2v) is 8.60. The first-order valence-electron chi connectivity index (χ1n) is 9.54. The van der Waals surface area contributed by atoms with Gasteiger partial charge in [0.25, 0.3) is 0 Å². The summed E-state index contributed by atoms with van der Waals surface area (Å²) >= 11 is 0. The molecule has 0 radical (unpaired) electrons. The fourth-order valence-electron chi connectivity index (χ4n) is 3.54. The number of aromatic amines is 2. The van der Waals surface area contributed by atoms with Crippen LogP contribution in [0.25, 0.3) is 33.2 Å². The minimum absolute atomic E-state index is 0.147. The van der Waals surface area contributed by atoms with Gasteiger partial charge in [-0.3, -0.25) is 18.7 Å². The molecule has 0 aliphatic heterocycles. The van der Waals surface area contributed by atoms with Crippen molar-refractivity contribution in [2.75, 3.05) is 13.2 Å². The smallest absolute Gasteiger partial charge is 0.345 e. The maximum Gasteiger partial charge on any atom is 0.350 e. The molecule has 2 aromatic heterocycles. The molecule has 0 unspecified atom stereocenters. The number of aromatic nitrogens is 4. The summed E-state index contributed by atoms with van der Waals surface area (Å²) in [5, 5.41) is 1.58. The van der Waals surface area contributed by atoms with Gasteiger partial charge in [-0.05, 0) is 25.3 Å². The molecule has 0 aliphatic carbocycles. The number of hydrogen-bond acceptors (Lipinski definition) is 6. The van der Waals surface area contributed by atoms with E-state index >= 15 is 0 Å². The number of rotatable bonds is 7. The van der Waals surface area contributed by atoms with Gasteiger partial charge in [0.05, 0.1) is 24.2 Å². The number of hydrogen-bond donors (Lipinski definition) is 2. The minimum Gasteiger partial charge on any atom is -0.345 e. The van der Waals surface area contributed by atoms with E-state index in [-0.39, 0.29) is 19.5 Å². The molecule has 156 valence electrons. The van der Waals surface area contributed by atoms with Crippen molar-refractivity contribution in [1.29, 1.82) is 0 Å². The Bertz CT molecular complexity index is 1360. The Balaban J connectivity index is 2.08. The summed E-state index contributed by atoms with van der Waals surface area (Å²) < 4.78 is 25.0. The molecule has 9 nitrogen and oxygen atoms in total. The number of nitrogens with one attached hydrogen (secondary N) is 2. The topological polar surface area (TPSA) is 119 Å². The van der Waals surface area contributed by atoms with Gasteiger partial charge in [-0.25, -0.2) is 4.98 Å². The lowest BCUT2D eigenvalue weighted by molar-refractivity contribution is 0.214. The first kappa shape index (κ1) is 20.3. The predicted molar refractivity (Wildman–Crippen MR) is 115 cm³/mol. The summed E-state index contributed by atoms with van der Waals surface area (Å²) in [4.78, 5) is 35.3. The molecule has 0 spiro atoms. The van der Waals surface area contributed by atoms with Gasteiger partial charge in [-0.1, -0.05) is 24.3 Å². The van der Waals surface area contributed by atoms with Gasteiger partial charge in [0, 0.05) is 23.3 Å². The number of imidazole rings is 1. The van der Waals surface area contributed by atoms with Crippen LogP contribution < -0.4 is 11.1 Å². The summed E-state index contributed by atoms with van der Waals surface area (Å²) in [6.07, 6.45) is 2.96. The van der Waals surface area contributed by atoms with Crippen LogP contribution in [0.5, 0.6) is 0 Å². The first-order chi connectivity index (χ1) is 14.5. The van der Waals surface area contributed by atoms with E-state index in [9.17, 15) is 14.2 Å².